The Morgan fingerprint density at radius 1 is 1.17 bits per heavy atom. The van der Waals surface area contributed by atoms with Gasteiger partial charge in [0.2, 0.25) is 0 Å². The van der Waals surface area contributed by atoms with Gasteiger partial charge in [0, 0.05) is 50.0 Å². The van der Waals surface area contributed by atoms with Gasteiger partial charge < -0.3 is 15.0 Å². The normalized spacial score (nSPS) is 16.3. The Morgan fingerprint density at radius 3 is 2.35 bits per heavy atom. The van der Waals surface area contributed by atoms with Crippen molar-refractivity contribution in [3.05, 3.63) is 29.3 Å². The highest BCUT2D eigenvalue weighted by molar-refractivity contribution is 6.30. The third kappa shape index (κ3) is 6.28. The molecule has 1 heterocycles. The van der Waals surface area contributed by atoms with Crippen molar-refractivity contribution in [2.24, 2.45) is 0 Å². The van der Waals surface area contributed by atoms with Crippen LogP contribution in [0, 0.1) is 0 Å². The fraction of sp³-hybridized carbons (Fsp3) is 0.588. The number of rotatable bonds is 4. The second-order valence-electron chi connectivity index (χ2n) is 6.73. The van der Waals surface area contributed by atoms with Crippen LogP contribution in [0.25, 0.3) is 0 Å². The molecule has 1 N–H and O–H groups in total. The van der Waals surface area contributed by atoms with E-state index in [0.717, 1.165) is 37.7 Å². The molecule has 128 valence electrons. The summed E-state index contributed by atoms with van der Waals surface area (Å²) in [6.45, 7) is 11.0. The molecule has 1 fully saturated rings. The number of benzene rings is 1. The summed E-state index contributed by atoms with van der Waals surface area (Å²) in [5, 5.41) is 3.57. The maximum atomic E-state index is 11.6. The predicted octanol–water partition coefficient (Wildman–Crippen LogP) is 2.99. The van der Waals surface area contributed by atoms with E-state index in [1.165, 1.54) is 5.69 Å². The number of nitrogens with one attached hydrogen (secondary N) is 1. The third-order valence-corrected chi connectivity index (χ3v) is 3.91. The number of alkyl carbamates (subject to hydrolysis) is 1. The van der Waals surface area contributed by atoms with Crippen molar-refractivity contribution in [3.8, 4) is 0 Å². The number of halogens is 1. The molecule has 5 nitrogen and oxygen atoms in total. The lowest BCUT2D eigenvalue weighted by molar-refractivity contribution is 0.0521. The molecule has 0 aliphatic carbocycles. The molecule has 1 amide bonds. The highest BCUT2D eigenvalue weighted by Crippen LogP contribution is 2.19. The highest BCUT2D eigenvalue weighted by atomic mass is 35.5. The molecule has 0 saturated carbocycles. The minimum Gasteiger partial charge on any atom is -0.444 e. The molecular weight excluding hydrogens is 314 g/mol. The van der Waals surface area contributed by atoms with Crippen molar-refractivity contribution >= 4 is 23.4 Å². The second kappa shape index (κ2) is 7.88. The molecule has 23 heavy (non-hydrogen) atoms. The number of hydrogen-bond donors (Lipinski definition) is 1. The number of ether oxygens (including phenoxy) is 1. The fourth-order valence-electron chi connectivity index (χ4n) is 2.51. The summed E-state index contributed by atoms with van der Waals surface area (Å²) in [4.78, 5) is 16.3. The van der Waals surface area contributed by atoms with Gasteiger partial charge in [-0.3, -0.25) is 4.90 Å². The molecule has 1 aliphatic rings. The number of piperazine rings is 1. The minimum absolute atomic E-state index is 0.350. The number of carbonyl (C=O) groups is 1. The molecule has 1 saturated heterocycles. The Labute approximate surface area is 143 Å². The second-order valence-corrected chi connectivity index (χ2v) is 7.17. The minimum atomic E-state index is -0.450. The predicted molar refractivity (Wildman–Crippen MR) is 94.3 cm³/mol. The maximum Gasteiger partial charge on any atom is 0.407 e. The quantitative estimate of drug-likeness (QED) is 0.916. The smallest absolute Gasteiger partial charge is 0.407 e. The van der Waals surface area contributed by atoms with Crippen molar-refractivity contribution in [2.45, 2.75) is 26.4 Å². The Bertz CT molecular complexity index is 506. The number of hydrogen-bond acceptors (Lipinski definition) is 4. The van der Waals surface area contributed by atoms with Gasteiger partial charge >= 0.3 is 6.09 Å². The molecule has 0 bridgehead atoms. The van der Waals surface area contributed by atoms with E-state index >= 15 is 0 Å². The van der Waals surface area contributed by atoms with Crippen LogP contribution in [0.2, 0.25) is 5.02 Å². The van der Waals surface area contributed by atoms with Gasteiger partial charge in [0.1, 0.15) is 5.60 Å². The van der Waals surface area contributed by atoms with Gasteiger partial charge in [0.05, 0.1) is 0 Å². The van der Waals surface area contributed by atoms with Crippen LogP contribution in [0.3, 0.4) is 0 Å². The van der Waals surface area contributed by atoms with Gasteiger partial charge in [-0.2, -0.15) is 0 Å². The van der Waals surface area contributed by atoms with Gasteiger partial charge in [0.25, 0.3) is 0 Å². The van der Waals surface area contributed by atoms with Crippen LogP contribution in [-0.2, 0) is 4.74 Å². The van der Waals surface area contributed by atoms with E-state index in [9.17, 15) is 4.79 Å². The molecule has 1 aromatic carbocycles. The lowest BCUT2D eigenvalue weighted by Crippen LogP contribution is -2.48. The molecule has 1 aliphatic heterocycles. The van der Waals surface area contributed by atoms with Crippen molar-refractivity contribution in [2.75, 3.05) is 44.2 Å². The van der Waals surface area contributed by atoms with E-state index < -0.39 is 5.60 Å². The molecule has 0 radical (unpaired) electrons. The van der Waals surface area contributed by atoms with Gasteiger partial charge in [-0.05, 0) is 45.0 Å². The number of anilines is 1. The average molecular weight is 340 g/mol. The summed E-state index contributed by atoms with van der Waals surface area (Å²) in [6, 6.07) is 7.96. The summed E-state index contributed by atoms with van der Waals surface area (Å²) >= 11 is 5.93. The molecule has 6 heteroatoms. The first kappa shape index (κ1) is 17.9. The summed E-state index contributed by atoms with van der Waals surface area (Å²) < 4.78 is 5.22. The Kier molecular flexibility index (Phi) is 6.13. The monoisotopic (exact) mass is 339 g/mol. The topological polar surface area (TPSA) is 44.8 Å². The standard InChI is InChI=1S/C17H26ClN3O2/c1-17(2,3)23-16(22)19-8-9-20-10-12-21(13-11-20)15-6-4-14(18)5-7-15/h4-7H,8-13H2,1-3H3,(H,19,22). The van der Waals surface area contributed by atoms with Crippen LogP contribution in [0.1, 0.15) is 20.8 Å². The summed E-state index contributed by atoms with van der Waals surface area (Å²) in [7, 11) is 0. The van der Waals surface area contributed by atoms with Crippen LogP contribution in [0.4, 0.5) is 10.5 Å². The first-order valence-corrected chi connectivity index (χ1v) is 8.41. The van der Waals surface area contributed by atoms with Crippen LogP contribution in [-0.4, -0.2) is 55.9 Å². The Balaban J connectivity index is 1.67. The van der Waals surface area contributed by atoms with Crippen LogP contribution in [0.15, 0.2) is 24.3 Å². The van der Waals surface area contributed by atoms with E-state index in [0.29, 0.717) is 6.54 Å². The SMILES string of the molecule is CC(C)(C)OC(=O)NCCN1CCN(c2ccc(Cl)cc2)CC1. The van der Waals surface area contributed by atoms with Crippen molar-refractivity contribution in [3.63, 3.8) is 0 Å². The van der Waals surface area contributed by atoms with Crippen LogP contribution < -0.4 is 10.2 Å². The molecule has 0 unspecified atom stereocenters. The molecule has 0 atom stereocenters. The summed E-state index contributed by atoms with van der Waals surface area (Å²) in [5.41, 5.74) is 0.759. The van der Waals surface area contributed by atoms with Gasteiger partial charge in [0.15, 0.2) is 0 Å². The molecule has 2 rings (SSSR count). The van der Waals surface area contributed by atoms with E-state index in [1.807, 2.05) is 32.9 Å². The van der Waals surface area contributed by atoms with Gasteiger partial charge in [-0.1, -0.05) is 11.6 Å². The van der Waals surface area contributed by atoms with Crippen molar-refractivity contribution < 1.29 is 9.53 Å². The van der Waals surface area contributed by atoms with E-state index in [1.54, 1.807) is 0 Å². The first-order valence-electron chi connectivity index (χ1n) is 8.03. The zero-order valence-electron chi connectivity index (χ0n) is 14.1. The van der Waals surface area contributed by atoms with E-state index in [-0.39, 0.29) is 6.09 Å². The number of nitrogens with zero attached hydrogens (tertiary/aromatic N) is 2. The molecule has 0 aromatic heterocycles. The zero-order chi connectivity index (χ0) is 16.9. The Morgan fingerprint density at radius 2 is 1.78 bits per heavy atom. The van der Waals surface area contributed by atoms with Crippen molar-refractivity contribution in [1.82, 2.24) is 10.2 Å². The summed E-state index contributed by atoms with van der Waals surface area (Å²) in [6.07, 6.45) is -0.350. The van der Waals surface area contributed by atoms with Crippen LogP contribution in [0.5, 0.6) is 0 Å². The molecule has 1 aromatic rings. The largest absolute Gasteiger partial charge is 0.444 e. The lowest BCUT2D eigenvalue weighted by atomic mass is 10.2. The van der Waals surface area contributed by atoms with E-state index in [4.69, 9.17) is 16.3 Å². The summed E-state index contributed by atoms with van der Waals surface area (Å²) in [5.74, 6) is 0. The Hall–Kier alpha value is -1.46. The van der Waals surface area contributed by atoms with Crippen molar-refractivity contribution in [1.29, 1.82) is 0 Å². The maximum absolute atomic E-state index is 11.6. The van der Waals surface area contributed by atoms with Gasteiger partial charge in [-0.25, -0.2) is 4.79 Å². The van der Waals surface area contributed by atoms with Crippen LogP contribution >= 0.6 is 11.6 Å². The number of carbonyl (C=O) groups excluding carboxylic acids is 1. The highest BCUT2D eigenvalue weighted by Gasteiger charge is 2.18. The fourth-order valence-corrected chi connectivity index (χ4v) is 2.64. The average Bonchev–Trinajstić information content (AvgIpc) is 2.47. The third-order valence-electron chi connectivity index (χ3n) is 3.66. The van der Waals surface area contributed by atoms with E-state index in [2.05, 4.69) is 27.2 Å². The number of amides is 1. The zero-order valence-corrected chi connectivity index (χ0v) is 14.9. The first-order chi connectivity index (χ1) is 10.8. The molecular formula is C17H26ClN3O2. The van der Waals surface area contributed by atoms with Gasteiger partial charge in [-0.15, -0.1) is 0 Å². The lowest BCUT2D eigenvalue weighted by Gasteiger charge is -2.36. The molecule has 0 spiro atoms.